The fraction of sp³-hybridized carbons (Fsp3) is 0.755. The van der Waals surface area contributed by atoms with E-state index < -0.39 is 75.7 Å². The van der Waals surface area contributed by atoms with Gasteiger partial charge in [-0.15, -0.1) is 0 Å². The van der Waals surface area contributed by atoms with Crippen LogP contribution in [0.5, 0.6) is 0 Å². The van der Waals surface area contributed by atoms with Crippen molar-refractivity contribution in [3.63, 3.8) is 0 Å². The Hall–Kier alpha value is -2.49. The predicted octanol–water partition coefficient (Wildman–Crippen LogP) is 8.71. The van der Waals surface area contributed by atoms with Crippen molar-refractivity contribution >= 4 is 19.8 Å². The van der Waals surface area contributed by atoms with Crippen LogP contribution in [-0.4, -0.2) is 111 Å². The van der Waals surface area contributed by atoms with Crippen LogP contribution in [0.2, 0.25) is 0 Å². The van der Waals surface area contributed by atoms with Crippen LogP contribution in [0.15, 0.2) is 60.8 Å². The van der Waals surface area contributed by atoms with Gasteiger partial charge in [-0.2, -0.15) is 0 Å². The molecule has 2 fully saturated rings. The van der Waals surface area contributed by atoms with Gasteiger partial charge in [-0.1, -0.05) is 139 Å². The molecule has 0 bridgehead atoms. The highest BCUT2D eigenvalue weighted by molar-refractivity contribution is 7.47. The van der Waals surface area contributed by atoms with E-state index in [2.05, 4.69) is 62.5 Å². The van der Waals surface area contributed by atoms with Gasteiger partial charge in [-0.3, -0.25) is 18.6 Å². The molecule has 368 valence electrons. The molecule has 14 nitrogen and oxygen atoms in total. The van der Waals surface area contributed by atoms with Gasteiger partial charge >= 0.3 is 19.8 Å². The number of phosphoric acid groups is 1. The molecule has 0 spiro atoms. The molecular formula is C49H83O14P. The van der Waals surface area contributed by atoms with Gasteiger partial charge in [-0.25, -0.2) is 4.57 Å². The zero-order valence-corrected chi connectivity index (χ0v) is 39.6. The third-order valence-electron chi connectivity index (χ3n) is 11.3. The molecular weight excluding hydrogens is 843 g/mol. The monoisotopic (exact) mass is 927 g/mol. The molecule has 1 aliphatic carbocycles. The highest BCUT2D eigenvalue weighted by Gasteiger charge is 2.51. The molecule has 15 heteroatoms. The largest absolute Gasteiger partial charge is 0.472 e. The standard InChI is InChI=1S/C49H83O14P/c1-3-5-7-8-9-10-11-12-13-14-15-16-17-22-25-28-32-36-43(51)61-39(38-60-64(57,58)63-49-47(55)45(53)44(52)46(54)48(49)56)37-59-42(50)35-31-27-24-21-19-18-20-23-26-30-34-41-40(62-41)33-29-6-4-2/h9-10,12-13,18,20-21,24,26,30,39-41,44-49,52-56H,3-8,11,14-17,19,22-23,25,27-29,31-38H2,1-2H3,(H,57,58)/b10-9-,13-12-,20-18-,24-21-,30-26-/t39-,40?,41?,44?,45-,46+,47-,48-,49?/m1/s1. The van der Waals surface area contributed by atoms with Crippen LogP contribution in [-0.2, 0) is 37.4 Å². The first-order valence-electron chi connectivity index (χ1n) is 24.2. The molecule has 1 aliphatic heterocycles. The van der Waals surface area contributed by atoms with Crippen molar-refractivity contribution in [3.8, 4) is 0 Å². The molecule has 1 saturated heterocycles. The molecule has 0 radical (unpaired) electrons. The lowest BCUT2D eigenvalue weighted by Crippen LogP contribution is -2.64. The highest BCUT2D eigenvalue weighted by Crippen LogP contribution is 2.47. The summed E-state index contributed by atoms with van der Waals surface area (Å²) in [5.74, 6) is -1.18. The molecule has 5 unspecified atom stereocenters. The minimum absolute atomic E-state index is 0.0713. The second-order valence-corrected chi connectivity index (χ2v) is 18.4. The quantitative estimate of drug-likeness (QED) is 0.0112. The van der Waals surface area contributed by atoms with E-state index in [0.29, 0.717) is 31.5 Å². The maximum absolute atomic E-state index is 12.8. The van der Waals surface area contributed by atoms with Crippen LogP contribution in [0.25, 0.3) is 0 Å². The summed E-state index contributed by atoms with van der Waals surface area (Å²) >= 11 is 0. The van der Waals surface area contributed by atoms with Crippen LogP contribution in [0, 0.1) is 0 Å². The van der Waals surface area contributed by atoms with Crippen molar-refractivity contribution in [2.75, 3.05) is 13.2 Å². The summed E-state index contributed by atoms with van der Waals surface area (Å²) in [6.07, 6.45) is 31.6. The number of hydrogen-bond acceptors (Lipinski definition) is 13. The third kappa shape index (κ3) is 27.2. The molecule has 0 amide bonds. The topological polar surface area (TPSA) is 222 Å². The van der Waals surface area contributed by atoms with E-state index in [0.717, 1.165) is 83.5 Å². The first kappa shape index (κ1) is 57.6. The lowest BCUT2D eigenvalue weighted by Gasteiger charge is -2.41. The van der Waals surface area contributed by atoms with Gasteiger partial charge in [0.2, 0.25) is 0 Å². The number of ether oxygens (including phenoxy) is 3. The van der Waals surface area contributed by atoms with Crippen LogP contribution >= 0.6 is 7.82 Å². The summed E-state index contributed by atoms with van der Waals surface area (Å²) in [6, 6.07) is 0. The Bertz CT molecular complexity index is 1420. The molecule has 6 N–H and O–H groups in total. The maximum Gasteiger partial charge on any atom is 0.472 e. The molecule has 2 aliphatic rings. The van der Waals surface area contributed by atoms with E-state index in [4.69, 9.17) is 23.3 Å². The van der Waals surface area contributed by atoms with Gasteiger partial charge in [0.1, 0.15) is 43.2 Å². The van der Waals surface area contributed by atoms with Gasteiger partial charge in [0, 0.05) is 12.8 Å². The first-order chi connectivity index (χ1) is 30.9. The molecule has 0 aromatic heterocycles. The van der Waals surface area contributed by atoms with Crippen molar-refractivity contribution in [1.29, 1.82) is 0 Å². The fourth-order valence-electron chi connectivity index (χ4n) is 7.23. The van der Waals surface area contributed by atoms with Gasteiger partial charge in [0.05, 0.1) is 18.8 Å². The van der Waals surface area contributed by atoms with E-state index in [-0.39, 0.29) is 12.8 Å². The Labute approximate surface area is 383 Å². The molecule has 64 heavy (non-hydrogen) atoms. The van der Waals surface area contributed by atoms with E-state index >= 15 is 0 Å². The minimum atomic E-state index is -5.14. The third-order valence-corrected chi connectivity index (χ3v) is 12.2. The second kappa shape index (κ2) is 35.7. The average molecular weight is 927 g/mol. The van der Waals surface area contributed by atoms with Gasteiger partial charge in [-0.05, 0) is 77.0 Å². The van der Waals surface area contributed by atoms with E-state index in [1.165, 1.54) is 38.5 Å². The van der Waals surface area contributed by atoms with E-state index in [1.54, 1.807) is 0 Å². The number of epoxide rings is 1. The lowest BCUT2D eigenvalue weighted by atomic mass is 9.85. The Kier molecular flexibility index (Phi) is 32.1. The summed E-state index contributed by atoms with van der Waals surface area (Å²) in [7, 11) is -5.14. The Morgan fingerprint density at radius 3 is 1.66 bits per heavy atom. The molecule has 0 aromatic carbocycles. The summed E-state index contributed by atoms with van der Waals surface area (Å²) in [4.78, 5) is 35.8. The van der Waals surface area contributed by atoms with Gasteiger partial charge in [0.25, 0.3) is 0 Å². The molecule has 1 saturated carbocycles. The number of allylic oxidation sites excluding steroid dienone is 9. The number of carbonyl (C=O) groups is 2. The number of rotatable bonds is 38. The number of esters is 2. The molecule has 0 aromatic rings. The number of aliphatic hydroxyl groups is 5. The van der Waals surface area contributed by atoms with E-state index in [9.17, 15) is 44.6 Å². The lowest BCUT2D eigenvalue weighted by molar-refractivity contribution is -0.220. The average Bonchev–Trinajstić information content (AvgIpc) is 4.03. The zero-order chi connectivity index (χ0) is 46.8. The zero-order valence-electron chi connectivity index (χ0n) is 38.8. The molecule has 2 rings (SSSR count). The first-order valence-corrected chi connectivity index (χ1v) is 25.7. The van der Waals surface area contributed by atoms with Crippen LogP contribution in [0.4, 0.5) is 0 Å². The highest BCUT2D eigenvalue weighted by atomic mass is 31.2. The van der Waals surface area contributed by atoms with Crippen LogP contribution in [0.1, 0.15) is 168 Å². The van der Waals surface area contributed by atoms with Gasteiger partial charge in [0.15, 0.2) is 6.10 Å². The number of carbonyl (C=O) groups excluding carboxylic acids is 2. The Balaban J connectivity index is 1.71. The van der Waals surface area contributed by atoms with Crippen molar-refractivity contribution in [3.05, 3.63) is 60.8 Å². The summed E-state index contributed by atoms with van der Waals surface area (Å²) in [5, 5.41) is 50.2. The van der Waals surface area contributed by atoms with Crippen molar-refractivity contribution < 1.29 is 67.8 Å². The number of unbranched alkanes of at least 4 members (excludes halogenated alkanes) is 13. The molecule has 1 heterocycles. The number of aliphatic hydroxyl groups excluding tert-OH is 5. The summed E-state index contributed by atoms with van der Waals surface area (Å²) in [5.41, 5.74) is 0. The SMILES string of the molecule is CCCCC/C=C\C/C=C\CCCCCCCCCC(=O)O[C@H](COC(=O)CCC/C=C\C/C=C\C/C=C\CC1OC1CCCCC)COP(=O)(O)OC1[C@H](O)[C@H](O)C(O)[C@H](O)[C@H]1O. The maximum atomic E-state index is 12.8. The normalized spacial score (nSPS) is 25.2. The predicted molar refractivity (Wildman–Crippen MR) is 248 cm³/mol. The van der Waals surface area contributed by atoms with Gasteiger partial charge < -0.3 is 44.6 Å². The number of phosphoric ester groups is 1. The number of hydrogen-bond donors (Lipinski definition) is 6. The summed E-state index contributed by atoms with van der Waals surface area (Å²) < 4.78 is 39.2. The van der Waals surface area contributed by atoms with Crippen molar-refractivity contribution in [1.82, 2.24) is 0 Å². The van der Waals surface area contributed by atoms with Crippen LogP contribution in [0.3, 0.4) is 0 Å². The second-order valence-electron chi connectivity index (χ2n) is 17.0. The van der Waals surface area contributed by atoms with Crippen molar-refractivity contribution in [2.45, 2.75) is 223 Å². The Morgan fingerprint density at radius 2 is 1.05 bits per heavy atom. The van der Waals surface area contributed by atoms with Crippen LogP contribution < -0.4 is 0 Å². The van der Waals surface area contributed by atoms with E-state index in [1.807, 2.05) is 12.2 Å². The fourth-order valence-corrected chi connectivity index (χ4v) is 8.20. The minimum Gasteiger partial charge on any atom is -0.462 e. The Morgan fingerprint density at radius 1 is 0.562 bits per heavy atom. The van der Waals surface area contributed by atoms with Crippen molar-refractivity contribution in [2.24, 2.45) is 0 Å². The summed E-state index contributed by atoms with van der Waals surface area (Å²) in [6.45, 7) is 3.18. The smallest absolute Gasteiger partial charge is 0.462 e. The molecule has 10 atom stereocenters.